The lowest BCUT2D eigenvalue weighted by molar-refractivity contribution is -0.137. The lowest BCUT2D eigenvalue weighted by Crippen LogP contribution is -2.19. The van der Waals surface area contributed by atoms with Gasteiger partial charge in [0.05, 0.1) is 5.56 Å². The second-order valence-corrected chi connectivity index (χ2v) is 5.59. The summed E-state index contributed by atoms with van der Waals surface area (Å²) in [5, 5.41) is 11.3. The van der Waals surface area contributed by atoms with Crippen molar-refractivity contribution in [1.29, 1.82) is 0 Å². The smallest absolute Gasteiger partial charge is 0.297 e. The topological polar surface area (TPSA) is 90.9 Å². The number of nitrogens with two attached hydrogens (primary N) is 1. The van der Waals surface area contributed by atoms with Crippen molar-refractivity contribution in [2.45, 2.75) is 24.8 Å². The van der Waals surface area contributed by atoms with E-state index in [-0.39, 0.29) is 17.9 Å². The Kier molecular flexibility index (Phi) is 3.76. The second kappa shape index (κ2) is 5.11. The third kappa shape index (κ3) is 2.90. The molecular weight excluding hydrogens is 309 g/mol. The number of nitrogens with zero attached hydrogens (tertiary/aromatic N) is 3. The molecule has 0 fully saturated rings. The third-order valence-corrected chi connectivity index (χ3v) is 3.57. The highest BCUT2D eigenvalue weighted by Crippen LogP contribution is 2.36. The predicted molar refractivity (Wildman–Crippen MR) is 67.5 cm³/mol. The van der Waals surface area contributed by atoms with Crippen LogP contribution in [0, 0.1) is 0 Å². The number of halogens is 3. The monoisotopic (exact) mass is 320 g/mol. The Morgan fingerprint density at radius 2 is 1.86 bits per heavy atom. The Hall–Kier alpha value is -1.94. The van der Waals surface area contributed by atoms with Crippen molar-refractivity contribution in [3.05, 3.63) is 29.8 Å². The maximum Gasteiger partial charge on any atom is 0.417 e. The SMILES string of the molecule is CCn1c(-c2ccccc2C(F)(F)F)nnc1S(N)(=O)=O. The molecule has 2 rings (SSSR count). The van der Waals surface area contributed by atoms with E-state index in [4.69, 9.17) is 5.14 Å². The van der Waals surface area contributed by atoms with E-state index in [2.05, 4.69) is 10.2 Å². The summed E-state index contributed by atoms with van der Waals surface area (Å²) in [6.07, 6.45) is -4.59. The van der Waals surface area contributed by atoms with E-state index in [1.807, 2.05) is 0 Å². The molecule has 0 aliphatic heterocycles. The summed E-state index contributed by atoms with van der Waals surface area (Å²) in [7, 11) is -4.17. The molecule has 6 nitrogen and oxygen atoms in total. The summed E-state index contributed by atoms with van der Waals surface area (Å²) in [6, 6.07) is 4.72. The molecule has 0 radical (unpaired) electrons. The summed E-state index contributed by atoms with van der Waals surface area (Å²) in [4.78, 5) is 0. The van der Waals surface area contributed by atoms with Crippen LogP contribution in [0.25, 0.3) is 11.4 Å². The number of sulfonamides is 1. The zero-order valence-corrected chi connectivity index (χ0v) is 11.6. The first-order valence-electron chi connectivity index (χ1n) is 5.79. The lowest BCUT2D eigenvalue weighted by Gasteiger charge is -2.13. The van der Waals surface area contributed by atoms with Gasteiger partial charge in [-0.05, 0) is 13.0 Å². The molecular formula is C11H11F3N4O2S. The number of primary sulfonamides is 1. The normalized spacial score (nSPS) is 12.6. The van der Waals surface area contributed by atoms with Gasteiger partial charge in [-0.15, -0.1) is 10.2 Å². The number of aromatic nitrogens is 3. The number of hydrogen-bond donors (Lipinski definition) is 1. The highest BCUT2D eigenvalue weighted by atomic mass is 32.2. The fraction of sp³-hybridized carbons (Fsp3) is 0.273. The van der Waals surface area contributed by atoms with Crippen LogP contribution in [0.2, 0.25) is 0 Å². The molecule has 0 unspecified atom stereocenters. The van der Waals surface area contributed by atoms with Gasteiger partial charge in [-0.2, -0.15) is 13.2 Å². The molecule has 1 heterocycles. The van der Waals surface area contributed by atoms with Crippen LogP contribution in [0.1, 0.15) is 12.5 Å². The van der Waals surface area contributed by atoms with Crippen molar-refractivity contribution in [2.24, 2.45) is 5.14 Å². The Bertz CT molecular complexity index is 768. The highest BCUT2D eigenvalue weighted by molar-refractivity contribution is 7.89. The average molecular weight is 320 g/mol. The molecule has 0 aliphatic rings. The van der Waals surface area contributed by atoms with E-state index >= 15 is 0 Å². The van der Waals surface area contributed by atoms with Crippen LogP contribution >= 0.6 is 0 Å². The van der Waals surface area contributed by atoms with Gasteiger partial charge in [-0.3, -0.25) is 4.57 Å². The van der Waals surface area contributed by atoms with Crippen molar-refractivity contribution in [1.82, 2.24) is 14.8 Å². The maximum atomic E-state index is 13.0. The van der Waals surface area contributed by atoms with E-state index in [1.165, 1.54) is 18.2 Å². The van der Waals surface area contributed by atoms with Gasteiger partial charge in [-0.1, -0.05) is 18.2 Å². The van der Waals surface area contributed by atoms with Gasteiger partial charge in [-0.25, -0.2) is 13.6 Å². The van der Waals surface area contributed by atoms with Crippen LogP contribution in [0.4, 0.5) is 13.2 Å². The van der Waals surface area contributed by atoms with E-state index in [0.717, 1.165) is 10.6 Å². The minimum Gasteiger partial charge on any atom is -0.297 e. The van der Waals surface area contributed by atoms with Crippen LogP contribution in [-0.2, 0) is 22.7 Å². The van der Waals surface area contributed by atoms with Gasteiger partial charge >= 0.3 is 6.18 Å². The molecule has 0 spiro atoms. The number of hydrogen-bond acceptors (Lipinski definition) is 4. The summed E-state index contributed by atoms with van der Waals surface area (Å²) in [5.41, 5.74) is -1.18. The molecule has 1 aromatic carbocycles. The zero-order chi connectivity index (χ0) is 15.8. The highest BCUT2D eigenvalue weighted by Gasteiger charge is 2.35. The van der Waals surface area contributed by atoms with Crippen LogP contribution < -0.4 is 5.14 Å². The van der Waals surface area contributed by atoms with Crippen molar-refractivity contribution < 1.29 is 21.6 Å². The van der Waals surface area contributed by atoms with Crippen molar-refractivity contribution >= 4 is 10.0 Å². The van der Waals surface area contributed by atoms with Gasteiger partial charge < -0.3 is 0 Å². The molecule has 21 heavy (non-hydrogen) atoms. The van der Waals surface area contributed by atoms with Crippen LogP contribution in [0.15, 0.2) is 29.4 Å². The third-order valence-electron chi connectivity index (χ3n) is 2.76. The minimum absolute atomic E-state index is 0.0558. The van der Waals surface area contributed by atoms with E-state index in [0.29, 0.717) is 0 Å². The molecule has 114 valence electrons. The second-order valence-electron chi connectivity index (χ2n) is 4.14. The van der Waals surface area contributed by atoms with Gasteiger partial charge in [0.15, 0.2) is 5.82 Å². The van der Waals surface area contributed by atoms with E-state index in [1.54, 1.807) is 6.92 Å². The van der Waals surface area contributed by atoms with Crippen LogP contribution in [0.5, 0.6) is 0 Å². The molecule has 0 amide bonds. The van der Waals surface area contributed by atoms with Gasteiger partial charge in [0, 0.05) is 12.1 Å². The Labute approximate surface area is 118 Å². The minimum atomic E-state index is -4.59. The molecule has 1 aromatic heterocycles. The van der Waals surface area contributed by atoms with Gasteiger partial charge in [0.25, 0.3) is 15.2 Å². The maximum absolute atomic E-state index is 13.0. The Morgan fingerprint density at radius 1 is 1.24 bits per heavy atom. The molecule has 0 bridgehead atoms. The van der Waals surface area contributed by atoms with Gasteiger partial charge in [0.1, 0.15) is 0 Å². The molecule has 0 aliphatic carbocycles. The van der Waals surface area contributed by atoms with Crippen molar-refractivity contribution in [3.63, 3.8) is 0 Å². The van der Waals surface area contributed by atoms with Crippen molar-refractivity contribution in [2.75, 3.05) is 0 Å². The molecule has 2 aromatic rings. The fourth-order valence-electron chi connectivity index (χ4n) is 1.91. The van der Waals surface area contributed by atoms with E-state index in [9.17, 15) is 21.6 Å². The summed E-state index contributed by atoms with van der Waals surface area (Å²) >= 11 is 0. The molecule has 0 saturated heterocycles. The number of alkyl halides is 3. The van der Waals surface area contributed by atoms with E-state index < -0.39 is 26.9 Å². The average Bonchev–Trinajstić information content (AvgIpc) is 2.81. The van der Waals surface area contributed by atoms with Crippen molar-refractivity contribution in [3.8, 4) is 11.4 Å². The van der Waals surface area contributed by atoms with Gasteiger partial charge in [0.2, 0.25) is 0 Å². The standard InChI is InChI=1S/C11H11F3N4O2S/c1-2-18-9(16-17-10(18)21(15,19)20)7-5-3-4-6-8(7)11(12,13)14/h3-6H,2H2,1H3,(H2,15,19,20). The molecule has 10 heteroatoms. The Balaban J connectivity index is 2.73. The summed E-state index contributed by atoms with van der Waals surface area (Å²) in [5.74, 6) is -0.200. The zero-order valence-electron chi connectivity index (χ0n) is 10.8. The quantitative estimate of drug-likeness (QED) is 0.930. The lowest BCUT2D eigenvalue weighted by atomic mass is 10.1. The Morgan fingerprint density at radius 3 is 2.38 bits per heavy atom. The molecule has 2 N–H and O–H groups in total. The number of benzene rings is 1. The predicted octanol–water partition coefficient (Wildman–Crippen LogP) is 1.63. The molecule has 0 saturated carbocycles. The van der Waals surface area contributed by atoms with Crippen LogP contribution in [-0.4, -0.2) is 23.2 Å². The number of rotatable bonds is 3. The summed E-state index contributed by atoms with van der Waals surface area (Å²) < 4.78 is 62.8. The fourth-order valence-corrected chi connectivity index (χ4v) is 2.59. The first-order chi connectivity index (χ1) is 9.66. The largest absolute Gasteiger partial charge is 0.417 e. The molecule has 0 atom stereocenters. The first-order valence-corrected chi connectivity index (χ1v) is 7.33. The first kappa shape index (κ1) is 15.4. The summed E-state index contributed by atoms with van der Waals surface area (Å²) in [6.45, 7) is 1.61. The van der Waals surface area contributed by atoms with Crippen LogP contribution in [0.3, 0.4) is 0 Å².